The second-order valence-electron chi connectivity index (χ2n) is 6.62. The number of aliphatic hydroxyl groups is 1. The van der Waals surface area contributed by atoms with Crippen LogP contribution in [0.2, 0.25) is 0 Å². The van der Waals surface area contributed by atoms with E-state index in [-0.39, 0.29) is 0 Å². The third kappa shape index (κ3) is 7.20. The van der Waals surface area contributed by atoms with Crippen LogP contribution in [0.3, 0.4) is 0 Å². The minimum atomic E-state index is 0.336. The number of fused-ring (bicyclic) bond motifs is 1. The second-order valence-corrected chi connectivity index (χ2v) is 6.62. The lowest BCUT2D eigenvalue weighted by Gasteiger charge is -2.08. The van der Waals surface area contributed by atoms with Crippen molar-refractivity contribution in [2.24, 2.45) is 0 Å². The van der Waals surface area contributed by atoms with Crippen molar-refractivity contribution in [1.29, 1.82) is 0 Å². The van der Waals surface area contributed by atoms with Crippen molar-refractivity contribution in [1.82, 2.24) is 0 Å². The smallest absolute Gasteiger partial charge is 0.119 e. The zero-order valence-corrected chi connectivity index (χ0v) is 15.2. The van der Waals surface area contributed by atoms with E-state index < -0.39 is 0 Å². The Morgan fingerprint density at radius 3 is 2.04 bits per heavy atom. The highest BCUT2D eigenvalue weighted by Crippen LogP contribution is 2.22. The average molecular weight is 338 g/mol. The lowest BCUT2D eigenvalue weighted by molar-refractivity contribution is 0.282. The number of ether oxygens (including phenoxy) is 1. The van der Waals surface area contributed by atoms with Gasteiger partial charge in [-0.3, -0.25) is 0 Å². The molecule has 2 aromatic carbocycles. The molecule has 0 spiro atoms. The highest BCUT2D eigenvalue weighted by Gasteiger charge is 1.99. The summed E-state index contributed by atoms with van der Waals surface area (Å²) in [7, 11) is 0. The Labute approximate surface area is 152 Å². The molecule has 25 heavy (non-hydrogen) atoms. The molecule has 2 aromatic rings. The Hall–Kier alpha value is -1.98. The predicted octanol–water partition coefficient (Wildman–Crippen LogP) is 5.70. The van der Waals surface area contributed by atoms with Crippen LogP contribution in [0.4, 0.5) is 0 Å². The van der Waals surface area contributed by atoms with Crippen molar-refractivity contribution in [3.05, 3.63) is 42.0 Å². The molecular formula is C23H30O2. The Morgan fingerprint density at radius 1 is 0.760 bits per heavy atom. The molecule has 1 N–H and O–H groups in total. The summed E-state index contributed by atoms with van der Waals surface area (Å²) >= 11 is 0. The Balaban J connectivity index is 1.58. The van der Waals surface area contributed by atoms with Gasteiger partial charge in [0.1, 0.15) is 5.75 Å². The first-order valence-corrected chi connectivity index (χ1v) is 9.57. The predicted molar refractivity (Wildman–Crippen MR) is 106 cm³/mol. The minimum Gasteiger partial charge on any atom is -0.494 e. The first kappa shape index (κ1) is 19.3. The molecule has 0 unspecified atom stereocenters. The second kappa shape index (κ2) is 11.6. The normalized spacial score (nSPS) is 10.7. The summed E-state index contributed by atoms with van der Waals surface area (Å²) in [5.41, 5.74) is 0.912. The number of rotatable bonds is 12. The van der Waals surface area contributed by atoms with E-state index in [1.54, 1.807) is 0 Å². The van der Waals surface area contributed by atoms with Gasteiger partial charge in [0.05, 0.1) is 6.61 Å². The van der Waals surface area contributed by atoms with E-state index in [0.717, 1.165) is 41.5 Å². The fourth-order valence-corrected chi connectivity index (χ4v) is 3.04. The maximum Gasteiger partial charge on any atom is 0.119 e. The molecule has 0 amide bonds. The van der Waals surface area contributed by atoms with Crippen molar-refractivity contribution in [2.45, 2.75) is 57.8 Å². The fraction of sp³-hybridized carbons (Fsp3) is 0.478. The summed E-state index contributed by atoms with van der Waals surface area (Å²) in [6.07, 6.45) is 16.4. The third-order valence-corrected chi connectivity index (χ3v) is 4.55. The number of hydrogen-bond acceptors (Lipinski definition) is 2. The zero-order valence-electron chi connectivity index (χ0n) is 15.2. The Bertz CT molecular complexity index is 669. The van der Waals surface area contributed by atoms with Crippen LogP contribution >= 0.6 is 0 Å². The monoisotopic (exact) mass is 338 g/mol. The van der Waals surface area contributed by atoms with Crippen LogP contribution in [0.15, 0.2) is 36.4 Å². The lowest BCUT2D eigenvalue weighted by atomic mass is 10.1. The number of benzene rings is 2. The van der Waals surface area contributed by atoms with E-state index in [1.807, 2.05) is 18.2 Å². The summed E-state index contributed by atoms with van der Waals surface area (Å²) in [5, 5.41) is 11.0. The van der Waals surface area contributed by atoms with Crippen LogP contribution in [0.1, 0.15) is 63.4 Å². The summed E-state index contributed by atoms with van der Waals surface area (Å²) in [6.45, 7) is 1.12. The van der Waals surface area contributed by atoms with Gasteiger partial charge in [-0.25, -0.2) is 0 Å². The summed E-state index contributed by atoms with van der Waals surface area (Å²) < 4.78 is 5.88. The Morgan fingerprint density at radius 2 is 1.36 bits per heavy atom. The molecule has 0 aromatic heterocycles. The van der Waals surface area contributed by atoms with Gasteiger partial charge in [-0.2, -0.15) is 0 Å². The summed E-state index contributed by atoms with van der Waals surface area (Å²) in [6, 6.07) is 12.2. The number of terminal acetylenes is 1. The largest absolute Gasteiger partial charge is 0.494 e. The molecule has 0 aliphatic heterocycles. The molecule has 0 saturated heterocycles. The van der Waals surface area contributed by atoms with Gasteiger partial charge in [-0.1, -0.05) is 63.0 Å². The number of hydrogen-bond donors (Lipinski definition) is 1. The van der Waals surface area contributed by atoms with E-state index >= 15 is 0 Å². The molecule has 0 heterocycles. The molecule has 0 aliphatic rings. The maximum atomic E-state index is 8.73. The van der Waals surface area contributed by atoms with E-state index in [1.165, 1.54) is 44.9 Å². The van der Waals surface area contributed by atoms with E-state index in [2.05, 4.69) is 24.1 Å². The molecular weight excluding hydrogens is 308 g/mol. The lowest BCUT2D eigenvalue weighted by Crippen LogP contribution is -1.97. The highest BCUT2D eigenvalue weighted by atomic mass is 16.5. The van der Waals surface area contributed by atoms with Crippen LogP contribution in [0, 0.1) is 12.3 Å². The molecule has 0 fully saturated rings. The van der Waals surface area contributed by atoms with Crippen molar-refractivity contribution >= 4 is 10.8 Å². The molecule has 134 valence electrons. The summed E-state index contributed by atoms with van der Waals surface area (Å²) in [4.78, 5) is 0. The van der Waals surface area contributed by atoms with Gasteiger partial charge in [0.25, 0.3) is 0 Å². The van der Waals surface area contributed by atoms with Gasteiger partial charge in [-0.15, -0.1) is 6.42 Å². The van der Waals surface area contributed by atoms with Gasteiger partial charge in [0.2, 0.25) is 0 Å². The molecule has 0 atom stereocenters. The van der Waals surface area contributed by atoms with Crippen LogP contribution in [0.25, 0.3) is 10.8 Å². The standard InChI is InChI=1S/C23H30O2/c1-2-20-12-13-22-19-23(15-14-21(22)18-20)25-17-11-9-7-5-3-4-6-8-10-16-24/h1,12-15,18-19,24H,3-11,16-17H2. The minimum absolute atomic E-state index is 0.336. The van der Waals surface area contributed by atoms with E-state index in [4.69, 9.17) is 16.3 Å². The molecule has 0 aliphatic carbocycles. The van der Waals surface area contributed by atoms with Crippen LogP contribution in [-0.4, -0.2) is 18.3 Å². The van der Waals surface area contributed by atoms with Gasteiger partial charge in [0.15, 0.2) is 0 Å². The van der Waals surface area contributed by atoms with Gasteiger partial charge < -0.3 is 9.84 Å². The SMILES string of the molecule is C#Cc1ccc2cc(OCCCCCCCCCCCO)ccc2c1. The number of unbranched alkanes of at least 4 members (excludes halogenated alkanes) is 8. The molecule has 0 saturated carbocycles. The molecule has 2 nitrogen and oxygen atoms in total. The van der Waals surface area contributed by atoms with Crippen LogP contribution in [-0.2, 0) is 0 Å². The van der Waals surface area contributed by atoms with E-state index in [0.29, 0.717) is 6.61 Å². The van der Waals surface area contributed by atoms with E-state index in [9.17, 15) is 0 Å². The molecule has 2 heteroatoms. The first-order chi connectivity index (χ1) is 12.3. The van der Waals surface area contributed by atoms with Crippen molar-refractivity contribution in [3.8, 4) is 18.1 Å². The molecule has 2 rings (SSSR count). The summed E-state index contributed by atoms with van der Waals surface area (Å²) in [5.74, 6) is 3.60. The van der Waals surface area contributed by atoms with Crippen LogP contribution in [0.5, 0.6) is 5.75 Å². The topological polar surface area (TPSA) is 29.5 Å². The molecule has 0 radical (unpaired) electrons. The Kier molecular flexibility index (Phi) is 8.94. The quantitative estimate of drug-likeness (QED) is 0.397. The fourth-order valence-electron chi connectivity index (χ4n) is 3.04. The van der Waals surface area contributed by atoms with Crippen molar-refractivity contribution in [3.63, 3.8) is 0 Å². The van der Waals surface area contributed by atoms with Crippen molar-refractivity contribution < 1.29 is 9.84 Å². The molecule has 0 bridgehead atoms. The highest BCUT2D eigenvalue weighted by molar-refractivity contribution is 5.85. The number of aliphatic hydroxyl groups excluding tert-OH is 1. The van der Waals surface area contributed by atoms with Gasteiger partial charge in [-0.05, 0) is 47.9 Å². The van der Waals surface area contributed by atoms with Gasteiger partial charge in [0, 0.05) is 12.2 Å². The van der Waals surface area contributed by atoms with Crippen molar-refractivity contribution in [2.75, 3.05) is 13.2 Å². The zero-order chi connectivity index (χ0) is 17.7. The first-order valence-electron chi connectivity index (χ1n) is 9.57. The third-order valence-electron chi connectivity index (χ3n) is 4.55. The maximum absolute atomic E-state index is 8.73. The average Bonchev–Trinajstić information content (AvgIpc) is 2.65. The van der Waals surface area contributed by atoms with Gasteiger partial charge >= 0.3 is 0 Å². The van der Waals surface area contributed by atoms with Crippen LogP contribution < -0.4 is 4.74 Å².